The van der Waals surface area contributed by atoms with Crippen molar-refractivity contribution in [1.82, 2.24) is 4.98 Å². The third-order valence-electron chi connectivity index (χ3n) is 5.92. The van der Waals surface area contributed by atoms with Crippen LogP contribution in [0.2, 0.25) is 0 Å². The Balaban J connectivity index is 1.46. The summed E-state index contributed by atoms with van der Waals surface area (Å²) in [5.74, 6) is 3.85. The molecule has 3 aliphatic rings. The molecule has 0 spiro atoms. The Bertz CT molecular complexity index is 680. The Hall–Kier alpha value is -1.77. The molecule has 1 aromatic heterocycles. The summed E-state index contributed by atoms with van der Waals surface area (Å²) < 4.78 is 0. The van der Waals surface area contributed by atoms with Gasteiger partial charge in [-0.15, -0.1) is 0 Å². The second-order valence-electron chi connectivity index (χ2n) is 6.78. The van der Waals surface area contributed by atoms with E-state index in [1.807, 2.05) is 18.5 Å². The van der Waals surface area contributed by atoms with E-state index in [4.69, 9.17) is 5.73 Å². The molecule has 3 aliphatic carbocycles. The van der Waals surface area contributed by atoms with Crippen LogP contribution in [0.3, 0.4) is 0 Å². The zero-order chi connectivity index (χ0) is 13.3. The highest BCUT2D eigenvalue weighted by Gasteiger charge is 2.65. The van der Waals surface area contributed by atoms with Gasteiger partial charge >= 0.3 is 0 Å². The van der Waals surface area contributed by atoms with E-state index >= 15 is 0 Å². The molecular formula is C17H19N3. The smallest absolute Gasteiger partial charge is 0.0630 e. The molecule has 20 heavy (non-hydrogen) atoms. The van der Waals surface area contributed by atoms with Crippen LogP contribution >= 0.6 is 0 Å². The number of nitrogen functional groups attached to an aromatic ring is 1. The highest BCUT2D eigenvalue weighted by atomic mass is 15.0. The molecule has 0 aliphatic heterocycles. The Morgan fingerprint density at radius 3 is 2.70 bits per heavy atom. The molecule has 1 aromatic carbocycles. The van der Waals surface area contributed by atoms with Crippen LogP contribution < -0.4 is 11.1 Å². The number of hydrogen-bond acceptors (Lipinski definition) is 3. The Kier molecular flexibility index (Phi) is 2.00. The predicted octanol–water partition coefficient (Wildman–Crippen LogP) is 3.27. The zero-order valence-corrected chi connectivity index (χ0v) is 11.4. The summed E-state index contributed by atoms with van der Waals surface area (Å²) in [4.78, 5) is 4.16. The van der Waals surface area contributed by atoms with Gasteiger partial charge in [0.05, 0.1) is 11.4 Å². The van der Waals surface area contributed by atoms with Gasteiger partial charge in [0, 0.05) is 29.2 Å². The molecule has 3 fully saturated rings. The average molecular weight is 265 g/mol. The van der Waals surface area contributed by atoms with E-state index in [1.54, 1.807) is 0 Å². The quantitative estimate of drug-likeness (QED) is 0.819. The van der Waals surface area contributed by atoms with E-state index in [9.17, 15) is 0 Å². The maximum atomic E-state index is 6.34. The van der Waals surface area contributed by atoms with Crippen molar-refractivity contribution in [3.05, 3.63) is 30.6 Å². The number of fused-ring (bicyclic) bond motifs is 6. The highest BCUT2D eigenvalue weighted by Crippen LogP contribution is 2.66. The fourth-order valence-corrected chi connectivity index (χ4v) is 5.02. The van der Waals surface area contributed by atoms with Crippen molar-refractivity contribution in [3.8, 4) is 0 Å². The maximum Gasteiger partial charge on any atom is 0.0630 e. The first-order valence-corrected chi connectivity index (χ1v) is 7.71. The van der Waals surface area contributed by atoms with Gasteiger partial charge in [-0.25, -0.2) is 0 Å². The summed E-state index contributed by atoms with van der Waals surface area (Å²) in [7, 11) is 0. The molecule has 3 saturated carbocycles. The van der Waals surface area contributed by atoms with Gasteiger partial charge in [0.25, 0.3) is 0 Å². The molecule has 4 atom stereocenters. The molecule has 3 nitrogen and oxygen atoms in total. The van der Waals surface area contributed by atoms with Gasteiger partial charge in [0.15, 0.2) is 0 Å². The van der Waals surface area contributed by atoms with Gasteiger partial charge in [-0.2, -0.15) is 0 Å². The number of benzene rings is 1. The minimum Gasteiger partial charge on any atom is -0.397 e. The summed E-state index contributed by atoms with van der Waals surface area (Å²) >= 11 is 0. The van der Waals surface area contributed by atoms with Crippen molar-refractivity contribution in [2.75, 3.05) is 11.1 Å². The number of pyridine rings is 1. The second kappa shape index (κ2) is 3.66. The van der Waals surface area contributed by atoms with Gasteiger partial charge in [0.2, 0.25) is 0 Å². The van der Waals surface area contributed by atoms with E-state index < -0.39 is 0 Å². The summed E-state index contributed by atoms with van der Waals surface area (Å²) in [5, 5.41) is 5.96. The van der Waals surface area contributed by atoms with Crippen molar-refractivity contribution in [1.29, 1.82) is 0 Å². The first-order valence-electron chi connectivity index (χ1n) is 7.71. The van der Waals surface area contributed by atoms with Crippen molar-refractivity contribution < 1.29 is 0 Å². The van der Waals surface area contributed by atoms with Crippen LogP contribution in [-0.4, -0.2) is 11.0 Å². The minimum atomic E-state index is 0.683. The summed E-state index contributed by atoms with van der Waals surface area (Å²) in [6, 6.07) is 6.93. The van der Waals surface area contributed by atoms with E-state index in [-0.39, 0.29) is 0 Å². The van der Waals surface area contributed by atoms with E-state index in [1.165, 1.54) is 19.3 Å². The third-order valence-corrected chi connectivity index (χ3v) is 5.92. The van der Waals surface area contributed by atoms with Gasteiger partial charge in [-0.05, 0) is 55.1 Å². The van der Waals surface area contributed by atoms with Crippen LogP contribution in [0.5, 0.6) is 0 Å². The lowest BCUT2D eigenvalue weighted by molar-refractivity contribution is 0.456. The lowest BCUT2D eigenvalue weighted by Gasteiger charge is -2.15. The van der Waals surface area contributed by atoms with Crippen molar-refractivity contribution >= 4 is 22.1 Å². The minimum absolute atomic E-state index is 0.683. The van der Waals surface area contributed by atoms with E-state index in [2.05, 4.69) is 22.4 Å². The summed E-state index contributed by atoms with van der Waals surface area (Å²) in [6.07, 6.45) is 8.11. The number of aromatic nitrogens is 1. The van der Waals surface area contributed by atoms with Crippen LogP contribution in [0.1, 0.15) is 19.3 Å². The molecule has 5 rings (SSSR count). The van der Waals surface area contributed by atoms with Crippen LogP contribution in [-0.2, 0) is 0 Å². The predicted molar refractivity (Wildman–Crippen MR) is 81.4 cm³/mol. The Morgan fingerprint density at radius 1 is 1.10 bits per heavy atom. The van der Waals surface area contributed by atoms with Crippen molar-refractivity contribution in [2.45, 2.75) is 25.3 Å². The zero-order valence-electron chi connectivity index (χ0n) is 11.4. The lowest BCUT2D eigenvalue weighted by atomic mass is 10.0. The number of nitrogens with zero attached hydrogens (tertiary/aromatic N) is 1. The fourth-order valence-electron chi connectivity index (χ4n) is 5.02. The lowest BCUT2D eigenvalue weighted by Crippen LogP contribution is -2.13. The normalized spacial score (nSPS) is 37.1. The number of nitrogens with two attached hydrogens (primary N) is 1. The molecular weight excluding hydrogens is 246 g/mol. The molecule has 0 saturated heterocycles. The highest BCUT2D eigenvalue weighted by molar-refractivity contribution is 5.98. The molecule has 2 bridgehead atoms. The maximum absolute atomic E-state index is 6.34. The van der Waals surface area contributed by atoms with E-state index in [0.717, 1.165) is 45.8 Å². The van der Waals surface area contributed by atoms with Gasteiger partial charge in [0.1, 0.15) is 0 Å². The molecule has 4 unspecified atom stereocenters. The number of nitrogens with one attached hydrogen (secondary N) is 1. The number of rotatable bonds is 2. The third kappa shape index (κ3) is 1.33. The fraction of sp³-hybridized carbons (Fsp3) is 0.471. The van der Waals surface area contributed by atoms with Crippen LogP contribution in [0, 0.1) is 23.7 Å². The van der Waals surface area contributed by atoms with E-state index in [0.29, 0.717) is 6.04 Å². The van der Waals surface area contributed by atoms with Gasteiger partial charge in [-0.3, -0.25) is 4.98 Å². The van der Waals surface area contributed by atoms with Crippen molar-refractivity contribution in [3.63, 3.8) is 0 Å². The summed E-state index contributed by atoms with van der Waals surface area (Å²) in [5.41, 5.74) is 8.33. The Morgan fingerprint density at radius 2 is 1.90 bits per heavy atom. The standard InChI is InChI=1S/C17H19N3/c18-16-12-5-6-19-8-11(12)3-4-13(16)20-17-14-9-1-2-10(7-9)15(14)17/h3-6,8-10,14-15,17,20H,1-2,7,18H2. The van der Waals surface area contributed by atoms with Crippen molar-refractivity contribution in [2.24, 2.45) is 23.7 Å². The molecule has 2 aromatic rings. The van der Waals surface area contributed by atoms with Gasteiger partial charge in [-0.1, -0.05) is 6.07 Å². The average Bonchev–Trinajstić information content (AvgIpc) is 2.86. The molecule has 3 heteroatoms. The SMILES string of the molecule is Nc1c(NC2C3C4CCC(C4)C23)ccc2cnccc12. The molecule has 0 radical (unpaired) electrons. The number of hydrogen-bond donors (Lipinski definition) is 2. The monoisotopic (exact) mass is 265 g/mol. The van der Waals surface area contributed by atoms with Gasteiger partial charge < -0.3 is 11.1 Å². The topological polar surface area (TPSA) is 50.9 Å². The summed E-state index contributed by atoms with van der Waals surface area (Å²) in [6.45, 7) is 0. The molecule has 1 heterocycles. The van der Waals surface area contributed by atoms with Crippen LogP contribution in [0.4, 0.5) is 11.4 Å². The second-order valence-corrected chi connectivity index (χ2v) is 6.78. The van der Waals surface area contributed by atoms with Crippen LogP contribution in [0.25, 0.3) is 10.8 Å². The first kappa shape index (κ1) is 11.0. The molecule has 0 amide bonds. The first-order chi connectivity index (χ1) is 9.83. The molecule has 3 N–H and O–H groups in total. The van der Waals surface area contributed by atoms with Crippen LogP contribution in [0.15, 0.2) is 30.6 Å². The Labute approximate surface area is 118 Å². The molecule has 102 valence electrons. The number of anilines is 2. The largest absolute Gasteiger partial charge is 0.397 e.